The number of hydrogen-bond acceptors (Lipinski definition) is 3. The first kappa shape index (κ1) is 15.0. The van der Waals surface area contributed by atoms with Crippen molar-refractivity contribution in [2.24, 2.45) is 4.99 Å². The summed E-state index contributed by atoms with van der Waals surface area (Å²) in [7, 11) is 3.43. The molecular formula is C16H21N3O2. The Morgan fingerprint density at radius 3 is 2.86 bits per heavy atom. The van der Waals surface area contributed by atoms with E-state index in [1.807, 2.05) is 30.3 Å². The number of furan rings is 1. The van der Waals surface area contributed by atoms with Gasteiger partial charge in [-0.2, -0.15) is 0 Å². The van der Waals surface area contributed by atoms with Crippen molar-refractivity contribution in [1.82, 2.24) is 10.6 Å². The van der Waals surface area contributed by atoms with Gasteiger partial charge in [0.05, 0.1) is 19.9 Å². The van der Waals surface area contributed by atoms with Crippen molar-refractivity contribution in [2.75, 3.05) is 20.7 Å². The van der Waals surface area contributed by atoms with E-state index in [0.29, 0.717) is 6.54 Å². The SMILES string of the molecule is CN=C(NCCc1cccc(OC)c1)NCc1ccco1. The van der Waals surface area contributed by atoms with Crippen molar-refractivity contribution in [3.05, 3.63) is 54.0 Å². The summed E-state index contributed by atoms with van der Waals surface area (Å²) in [5, 5.41) is 6.48. The number of ether oxygens (including phenoxy) is 1. The van der Waals surface area contributed by atoms with Gasteiger partial charge in [0.15, 0.2) is 5.96 Å². The van der Waals surface area contributed by atoms with Gasteiger partial charge in [-0.25, -0.2) is 0 Å². The molecule has 0 aliphatic heterocycles. The summed E-state index contributed by atoms with van der Waals surface area (Å²) < 4.78 is 10.5. The molecule has 0 amide bonds. The number of benzene rings is 1. The highest BCUT2D eigenvalue weighted by molar-refractivity contribution is 5.79. The molecule has 0 aliphatic carbocycles. The lowest BCUT2D eigenvalue weighted by Crippen LogP contribution is -2.37. The molecule has 0 saturated heterocycles. The number of nitrogens with zero attached hydrogens (tertiary/aromatic N) is 1. The van der Waals surface area contributed by atoms with Crippen molar-refractivity contribution < 1.29 is 9.15 Å². The fourth-order valence-corrected chi connectivity index (χ4v) is 1.96. The summed E-state index contributed by atoms with van der Waals surface area (Å²) in [6.07, 6.45) is 2.56. The van der Waals surface area contributed by atoms with Crippen LogP contribution in [0.15, 0.2) is 52.1 Å². The van der Waals surface area contributed by atoms with Crippen LogP contribution in [0.2, 0.25) is 0 Å². The average molecular weight is 287 g/mol. The molecular weight excluding hydrogens is 266 g/mol. The molecule has 112 valence electrons. The van der Waals surface area contributed by atoms with Gasteiger partial charge in [0.2, 0.25) is 0 Å². The largest absolute Gasteiger partial charge is 0.497 e. The van der Waals surface area contributed by atoms with Crippen LogP contribution in [0, 0.1) is 0 Å². The topological polar surface area (TPSA) is 58.8 Å². The van der Waals surface area contributed by atoms with Crippen LogP contribution >= 0.6 is 0 Å². The molecule has 2 N–H and O–H groups in total. The zero-order chi connectivity index (χ0) is 14.9. The highest BCUT2D eigenvalue weighted by Crippen LogP contribution is 2.12. The zero-order valence-corrected chi connectivity index (χ0v) is 12.4. The molecule has 0 saturated carbocycles. The quantitative estimate of drug-likeness (QED) is 0.631. The summed E-state index contributed by atoms with van der Waals surface area (Å²) in [5.41, 5.74) is 1.23. The van der Waals surface area contributed by atoms with Crippen molar-refractivity contribution in [2.45, 2.75) is 13.0 Å². The molecule has 0 fully saturated rings. The fourth-order valence-electron chi connectivity index (χ4n) is 1.96. The Hall–Kier alpha value is -2.43. The molecule has 21 heavy (non-hydrogen) atoms. The Kier molecular flexibility index (Phi) is 5.70. The predicted molar refractivity (Wildman–Crippen MR) is 83.6 cm³/mol. The first-order valence-electron chi connectivity index (χ1n) is 6.91. The van der Waals surface area contributed by atoms with Gasteiger partial charge in [-0.15, -0.1) is 0 Å². The minimum absolute atomic E-state index is 0.617. The van der Waals surface area contributed by atoms with Crippen LogP contribution in [0.25, 0.3) is 0 Å². The van der Waals surface area contributed by atoms with Crippen LogP contribution in [-0.4, -0.2) is 26.7 Å². The van der Waals surface area contributed by atoms with E-state index in [-0.39, 0.29) is 0 Å². The molecule has 0 bridgehead atoms. The van der Waals surface area contributed by atoms with Crippen LogP contribution in [0.3, 0.4) is 0 Å². The second kappa shape index (κ2) is 7.99. The molecule has 5 heteroatoms. The molecule has 0 radical (unpaired) electrons. The van der Waals surface area contributed by atoms with Crippen molar-refractivity contribution in [3.63, 3.8) is 0 Å². The maximum atomic E-state index is 5.27. The normalized spacial score (nSPS) is 11.2. The molecule has 0 aliphatic rings. The second-order valence-corrected chi connectivity index (χ2v) is 4.53. The van der Waals surface area contributed by atoms with E-state index < -0.39 is 0 Å². The van der Waals surface area contributed by atoms with Crippen molar-refractivity contribution in [1.29, 1.82) is 0 Å². The molecule has 1 aromatic heterocycles. The van der Waals surface area contributed by atoms with Gasteiger partial charge in [0, 0.05) is 13.6 Å². The molecule has 5 nitrogen and oxygen atoms in total. The van der Waals surface area contributed by atoms with E-state index in [1.165, 1.54) is 5.56 Å². The summed E-state index contributed by atoms with van der Waals surface area (Å²) in [4.78, 5) is 4.18. The number of guanidine groups is 1. The highest BCUT2D eigenvalue weighted by Gasteiger charge is 2.00. The van der Waals surface area contributed by atoms with E-state index >= 15 is 0 Å². The van der Waals surface area contributed by atoms with Gasteiger partial charge in [-0.3, -0.25) is 4.99 Å². The lowest BCUT2D eigenvalue weighted by molar-refractivity contribution is 0.414. The van der Waals surface area contributed by atoms with E-state index in [1.54, 1.807) is 20.4 Å². The van der Waals surface area contributed by atoms with Gasteiger partial charge in [-0.05, 0) is 36.2 Å². The van der Waals surface area contributed by atoms with Gasteiger partial charge in [0.1, 0.15) is 11.5 Å². The third kappa shape index (κ3) is 4.87. The summed E-state index contributed by atoms with van der Waals surface area (Å²) >= 11 is 0. The lowest BCUT2D eigenvalue weighted by atomic mass is 10.1. The predicted octanol–water partition coefficient (Wildman–Crippen LogP) is 2.20. The van der Waals surface area contributed by atoms with Crippen molar-refractivity contribution in [3.8, 4) is 5.75 Å². The highest BCUT2D eigenvalue weighted by atomic mass is 16.5. The maximum absolute atomic E-state index is 5.27. The minimum Gasteiger partial charge on any atom is -0.497 e. The first-order chi connectivity index (χ1) is 10.3. The number of rotatable bonds is 6. The van der Waals surface area contributed by atoms with Gasteiger partial charge >= 0.3 is 0 Å². The zero-order valence-electron chi connectivity index (χ0n) is 12.4. The molecule has 2 rings (SSSR count). The molecule has 1 aromatic carbocycles. The van der Waals surface area contributed by atoms with Crippen LogP contribution < -0.4 is 15.4 Å². The smallest absolute Gasteiger partial charge is 0.191 e. The molecule has 0 unspecified atom stereocenters. The lowest BCUT2D eigenvalue weighted by Gasteiger charge is -2.11. The average Bonchev–Trinajstić information content (AvgIpc) is 3.04. The van der Waals surface area contributed by atoms with E-state index in [9.17, 15) is 0 Å². The Morgan fingerprint density at radius 1 is 1.24 bits per heavy atom. The fraction of sp³-hybridized carbons (Fsp3) is 0.312. The van der Waals surface area contributed by atoms with Crippen LogP contribution in [0.5, 0.6) is 5.75 Å². The van der Waals surface area contributed by atoms with E-state index in [2.05, 4.69) is 21.7 Å². The third-order valence-electron chi connectivity index (χ3n) is 3.07. The van der Waals surface area contributed by atoms with E-state index in [4.69, 9.17) is 9.15 Å². The first-order valence-corrected chi connectivity index (χ1v) is 6.91. The molecule has 2 aromatic rings. The summed E-state index contributed by atoms with van der Waals surface area (Å²) in [5.74, 6) is 2.52. The van der Waals surface area contributed by atoms with Gasteiger partial charge < -0.3 is 19.8 Å². The molecule has 0 spiro atoms. The van der Waals surface area contributed by atoms with Crippen LogP contribution in [0.1, 0.15) is 11.3 Å². The van der Waals surface area contributed by atoms with E-state index in [0.717, 1.165) is 30.4 Å². The third-order valence-corrected chi connectivity index (χ3v) is 3.07. The standard InChI is InChI=1S/C16H21N3O2/c1-17-16(19-12-15-7-4-10-21-15)18-9-8-13-5-3-6-14(11-13)20-2/h3-7,10-11H,8-9,12H2,1-2H3,(H2,17,18,19). The van der Waals surface area contributed by atoms with Crippen molar-refractivity contribution >= 4 is 5.96 Å². The molecule has 1 heterocycles. The Balaban J connectivity index is 1.75. The summed E-state index contributed by atoms with van der Waals surface area (Å²) in [6, 6.07) is 11.9. The number of nitrogens with one attached hydrogen (secondary N) is 2. The van der Waals surface area contributed by atoms with Crippen LogP contribution in [0.4, 0.5) is 0 Å². The number of aliphatic imine (C=N–C) groups is 1. The minimum atomic E-state index is 0.617. The Morgan fingerprint density at radius 2 is 2.14 bits per heavy atom. The maximum Gasteiger partial charge on any atom is 0.191 e. The second-order valence-electron chi connectivity index (χ2n) is 4.53. The number of hydrogen-bond donors (Lipinski definition) is 2. The van der Waals surface area contributed by atoms with Gasteiger partial charge in [0.25, 0.3) is 0 Å². The monoisotopic (exact) mass is 287 g/mol. The van der Waals surface area contributed by atoms with Gasteiger partial charge in [-0.1, -0.05) is 12.1 Å². The van der Waals surface area contributed by atoms with Crippen LogP contribution in [-0.2, 0) is 13.0 Å². The Labute approximate surface area is 125 Å². The molecule has 0 atom stereocenters. The Bertz CT molecular complexity index is 565. The summed E-state index contributed by atoms with van der Waals surface area (Å²) in [6.45, 7) is 1.41. The number of methoxy groups -OCH3 is 1.